The van der Waals surface area contributed by atoms with Gasteiger partial charge in [-0.2, -0.15) is 0 Å². The van der Waals surface area contributed by atoms with Gasteiger partial charge in [-0.1, -0.05) is 159 Å². The average Bonchev–Trinajstić information content (AvgIpc) is 3.70. The summed E-state index contributed by atoms with van der Waals surface area (Å²) in [6.07, 6.45) is 0. The van der Waals surface area contributed by atoms with Crippen LogP contribution in [0.4, 0.5) is 0 Å². The number of hydrogen-bond acceptors (Lipinski definition) is 1. The van der Waals surface area contributed by atoms with Gasteiger partial charge in [-0.15, -0.1) is 0 Å². The quantitative estimate of drug-likeness (QED) is 0.169. The zero-order valence-electron chi connectivity index (χ0n) is 30.1. The summed E-state index contributed by atoms with van der Waals surface area (Å²) in [6.45, 7) is 4.69. The molecular weight excluding hydrogens is 653 g/mol. The van der Waals surface area contributed by atoms with Gasteiger partial charge in [0.05, 0.1) is 0 Å². The van der Waals surface area contributed by atoms with Crippen LogP contribution in [0, 0.1) is 0 Å². The largest absolute Gasteiger partial charge is 0.455 e. The van der Waals surface area contributed by atoms with Crippen molar-refractivity contribution in [2.75, 3.05) is 0 Å². The molecule has 1 aliphatic rings. The van der Waals surface area contributed by atoms with E-state index in [1.165, 1.54) is 87.6 Å². The Hall–Kier alpha value is -6.70. The first-order valence-electron chi connectivity index (χ1n) is 18.9. The van der Waals surface area contributed by atoms with Crippen molar-refractivity contribution >= 4 is 65.0 Å². The van der Waals surface area contributed by atoms with E-state index in [0.29, 0.717) is 0 Å². The van der Waals surface area contributed by atoms with Crippen molar-refractivity contribution in [1.82, 2.24) is 0 Å². The molecular formula is C53H34O. The van der Waals surface area contributed by atoms with Gasteiger partial charge < -0.3 is 4.42 Å². The van der Waals surface area contributed by atoms with Gasteiger partial charge in [0, 0.05) is 21.8 Å². The Kier molecular flexibility index (Phi) is 5.90. The van der Waals surface area contributed by atoms with E-state index in [9.17, 15) is 0 Å². The summed E-state index contributed by atoms with van der Waals surface area (Å²) in [6, 6.07) is 62.9. The molecule has 1 heterocycles. The molecule has 0 aliphatic heterocycles. The van der Waals surface area contributed by atoms with Crippen LogP contribution in [-0.2, 0) is 5.41 Å². The fourth-order valence-corrected chi connectivity index (χ4v) is 9.71. The number of furan rings is 1. The van der Waals surface area contributed by atoms with Crippen LogP contribution in [0.3, 0.4) is 0 Å². The van der Waals surface area contributed by atoms with Crippen molar-refractivity contribution in [3.05, 3.63) is 181 Å². The molecule has 0 spiro atoms. The molecule has 0 fully saturated rings. The second-order valence-corrected chi connectivity index (χ2v) is 15.6. The molecule has 0 radical (unpaired) electrons. The van der Waals surface area contributed by atoms with E-state index in [-0.39, 0.29) is 5.41 Å². The Morgan fingerprint density at radius 1 is 0.352 bits per heavy atom. The third kappa shape index (κ3) is 4.04. The molecule has 10 aromatic carbocycles. The topological polar surface area (TPSA) is 13.1 Å². The standard InChI is InChI=1S/C53H34O/c1-53(2)46-13-6-5-12-41(46)42-24-22-38(29-47(42)53)31-14-16-32(17-15-31)39-26-27-44(51-45-28-36-8-3-4-9-37(36)30-48(45)54-52(39)51)40-23-20-35-19-18-33-10-7-11-34-21-25-43(40)50(35)49(33)34/h3-30H,1-2H3. The Morgan fingerprint density at radius 3 is 1.78 bits per heavy atom. The Morgan fingerprint density at radius 2 is 0.944 bits per heavy atom. The van der Waals surface area contributed by atoms with Gasteiger partial charge in [0.1, 0.15) is 11.2 Å². The molecule has 0 N–H and O–H groups in total. The highest BCUT2D eigenvalue weighted by Gasteiger charge is 2.35. The molecule has 1 nitrogen and oxygen atoms in total. The van der Waals surface area contributed by atoms with Gasteiger partial charge in [-0.05, 0) is 117 Å². The fraction of sp³-hybridized carbons (Fsp3) is 0.0566. The predicted molar refractivity (Wildman–Crippen MR) is 229 cm³/mol. The van der Waals surface area contributed by atoms with Gasteiger partial charge in [-0.25, -0.2) is 0 Å². The lowest BCUT2D eigenvalue weighted by Crippen LogP contribution is -2.14. The lowest BCUT2D eigenvalue weighted by atomic mass is 9.81. The number of fused-ring (bicyclic) bond motifs is 7. The van der Waals surface area contributed by atoms with Crippen LogP contribution in [0.1, 0.15) is 25.0 Å². The third-order valence-corrected chi connectivity index (χ3v) is 12.4. The molecule has 1 heteroatoms. The van der Waals surface area contributed by atoms with E-state index in [1.807, 2.05) is 0 Å². The number of benzene rings is 10. The van der Waals surface area contributed by atoms with Crippen molar-refractivity contribution < 1.29 is 4.42 Å². The maximum atomic E-state index is 6.95. The minimum atomic E-state index is -0.0317. The fourth-order valence-electron chi connectivity index (χ4n) is 9.71. The smallest absolute Gasteiger partial charge is 0.143 e. The number of rotatable bonds is 3. The van der Waals surface area contributed by atoms with Crippen LogP contribution in [0.2, 0.25) is 0 Å². The maximum absolute atomic E-state index is 6.95. The Labute approximate surface area is 313 Å². The zero-order valence-corrected chi connectivity index (χ0v) is 30.1. The summed E-state index contributed by atoms with van der Waals surface area (Å²) in [5.74, 6) is 0. The van der Waals surface area contributed by atoms with Crippen LogP contribution in [-0.4, -0.2) is 0 Å². The lowest BCUT2D eigenvalue weighted by molar-refractivity contribution is 0.660. The molecule has 0 saturated heterocycles. The third-order valence-electron chi connectivity index (χ3n) is 12.4. The van der Waals surface area contributed by atoms with Crippen LogP contribution >= 0.6 is 0 Å². The van der Waals surface area contributed by atoms with Gasteiger partial charge in [0.15, 0.2) is 0 Å². The van der Waals surface area contributed by atoms with E-state index in [4.69, 9.17) is 4.42 Å². The molecule has 1 aliphatic carbocycles. The highest BCUT2D eigenvalue weighted by molar-refractivity contribution is 6.27. The maximum Gasteiger partial charge on any atom is 0.143 e. The van der Waals surface area contributed by atoms with Crippen LogP contribution in [0.25, 0.3) is 110 Å². The highest BCUT2D eigenvalue weighted by Crippen LogP contribution is 2.50. The van der Waals surface area contributed by atoms with E-state index >= 15 is 0 Å². The SMILES string of the molecule is CC1(C)c2ccccc2-c2ccc(-c3ccc(-c4ccc(-c5ccc6ccc7cccc8ccc5c6c78)c5c4oc4cc6ccccc6cc45)cc3)cc21. The molecule has 11 aromatic rings. The van der Waals surface area contributed by atoms with Crippen LogP contribution in [0.15, 0.2) is 174 Å². The molecule has 1 aromatic heterocycles. The minimum absolute atomic E-state index is 0.0317. The summed E-state index contributed by atoms with van der Waals surface area (Å²) in [5.41, 5.74) is 14.4. The molecule has 0 amide bonds. The van der Waals surface area contributed by atoms with Crippen molar-refractivity contribution in [2.24, 2.45) is 0 Å². The van der Waals surface area contributed by atoms with Crippen molar-refractivity contribution in [1.29, 1.82) is 0 Å². The van der Waals surface area contributed by atoms with E-state index in [1.54, 1.807) is 0 Å². The second kappa shape index (κ2) is 10.7. The van der Waals surface area contributed by atoms with Gasteiger partial charge in [0.25, 0.3) is 0 Å². The first kappa shape index (κ1) is 29.8. The monoisotopic (exact) mass is 686 g/mol. The van der Waals surface area contributed by atoms with Crippen molar-refractivity contribution in [3.63, 3.8) is 0 Å². The highest BCUT2D eigenvalue weighted by atomic mass is 16.3. The van der Waals surface area contributed by atoms with Crippen LogP contribution < -0.4 is 0 Å². The van der Waals surface area contributed by atoms with Crippen molar-refractivity contribution in [2.45, 2.75) is 19.3 Å². The van der Waals surface area contributed by atoms with Crippen LogP contribution in [0.5, 0.6) is 0 Å². The lowest BCUT2D eigenvalue weighted by Gasteiger charge is -2.22. The van der Waals surface area contributed by atoms with Gasteiger partial charge in [-0.3, -0.25) is 0 Å². The normalized spacial score (nSPS) is 13.5. The predicted octanol–water partition coefficient (Wildman–Crippen LogP) is 14.9. The molecule has 0 bridgehead atoms. The van der Waals surface area contributed by atoms with E-state index < -0.39 is 0 Å². The summed E-state index contributed by atoms with van der Waals surface area (Å²) < 4.78 is 6.95. The van der Waals surface area contributed by atoms with Crippen molar-refractivity contribution in [3.8, 4) is 44.5 Å². The van der Waals surface area contributed by atoms with E-state index in [0.717, 1.165) is 33.1 Å². The molecule has 54 heavy (non-hydrogen) atoms. The molecule has 252 valence electrons. The molecule has 12 rings (SSSR count). The molecule has 0 unspecified atom stereocenters. The Bertz CT molecular complexity index is 3320. The molecule has 0 atom stereocenters. The first-order chi connectivity index (χ1) is 26.5. The summed E-state index contributed by atoms with van der Waals surface area (Å²) >= 11 is 0. The van der Waals surface area contributed by atoms with Gasteiger partial charge in [0.2, 0.25) is 0 Å². The first-order valence-corrected chi connectivity index (χ1v) is 18.9. The van der Waals surface area contributed by atoms with Gasteiger partial charge >= 0.3 is 0 Å². The Balaban J connectivity index is 1.05. The minimum Gasteiger partial charge on any atom is -0.455 e. The second-order valence-electron chi connectivity index (χ2n) is 15.6. The average molecular weight is 687 g/mol. The summed E-state index contributed by atoms with van der Waals surface area (Å²) in [4.78, 5) is 0. The molecule has 0 saturated carbocycles. The number of hydrogen-bond donors (Lipinski definition) is 0. The summed E-state index contributed by atoms with van der Waals surface area (Å²) in [5, 5.41) is 12.5. The zero-order chi connectivity index (χ0) is 35.7. The van der Waals surface area contributed by atoms with E-state index in [2.05, 4.69) is 184 Å². The summed E-state index contributed by atoms with van der Waals surface area (Å²) in [7, 11) is 0.